The van der Waals surface area contributed by atoms with E-state index in [4.69, 9.17) is 4.63 Å². The largest absolute Gasteiger partial charge is 0.409 e. The highest BCUT2D eigenvalue weighted by molar-refractivity contribution is 9.10. The Morgan fingerprint density at radius 3 is 2.80 bits per heavy atom. The molecular weight excluding hydrogens is 459 g/mol. The minimum Gasteiger partial charge on any atom is -0.409 e. The molecule has 0 saturated heterocycles. The summed E-state index contributed by atoms with van der Waals surface area (Å²) < 4.78 is 18.3. The van der Waals surface area contributed by atoms with E-state index in [0.717, 1.165) is 10.9 Å². The number of oxime groups is 1. The van der Waals surface area contributed by atoms with Gasteiger partial charge in [-0.1, -0.05) is 11.2 Å². The standard InChI is InChI=1S/C19H12BrFN6O3/c20-13-9-12(4-5-14(13)21)23-17(25-29)16-18(27-30-26-16)24-19(28)11-3-6-15-10(8-11)2-1-7-22-15/h1-9,29H,(H,23,25)(H,24,27,28). The van der Waals surface area contributed by atoms with Gasteiger partial charge in [0.25, 0.3) is 5.91 Å². The van der Waals surface area contributed by atoms with Crippen LogP contribution in [0.1, 0.15) is 16.1 Å². The number of rotatable bonds is 4. The summed E-state index contributed by atoms with van der Waals surface area (Å²) in [4.78, 5) is 16.9. The molecule has 2 aromatic heterocycles. The van der Waals surface area contributed by atoms with Gasteiger partial charge in [-0.2, -0.15) is 0 Å². The minimum atomic E-state index is -0.473. The van der Waals surface area contributed by atoms with Gasteiger partial charge in [0.15, 0.2) is 5.69 Å². The molecule has 2 heterocycles. The van der Waals surface area contributed by atoms with Crippen molar-refractivity contribution in [3.8, 4) is 0 Å². The molecule has 150 valence electrons. The van der Waals surface area contributed by atoms with Crippen molar-refractivity contribution in [3.63, 3.8) is 0 Å². The first kappa shape index (κ1) is 19.5. The van der Waals surface area contributed by atoms with Crippen LogP contribution in [0.2, 0.25) is 0 Å². The number of carbonyl (C=O) groups excluding carboxylic acids is 1. The highest BCUT2D eigenvalue weighted by Gasteiger charge is 2.20. The summed E-state index contributed by atoms with van der Waals surface area (Å²) in [5, 5.41) is 26.0. The molecule has 9 nitrogen and oxygen atoms in total. The fourth-order valence-electron chi connectivity index (χ4n) is 2.66. The van der Waals surface area contributed by atoms with Crippen LogP contribution in [-0.2, 0) is 0 Å². The third kappa shape index (κ3) is 3.96. The van der Waals surface area contributed by atoms with Crippen molar-refractivity contribution < 1.29 is 19.0 Å². The van der Waals surface area contributed by atoms with E-state index >= 15 is 0 Å². The number of hydrogen-bond acceptors (Lipinski definition) is 7. The average Bonchev–Trinajstić information content (AvgIpc) is 3.22. The molecule has 0 spiro atoms. The zero-order valence-electron chi connectivity index (χ0n) is 15.0. The first-order chi connectivity index (χ1) is 14.5. The number of nitrogens with zero attached hydrogens (tertiary/aromatic N) is 4. The summed E-state index contributed by atoms with van der Waals surface area (Å²) in [6, 6.07) is 12.7. The molecule has 0 aliphatic rings. The first-order valence-electron chi connectivity index (χ1n) is 8.48. The molecule has 30 heavy (non-hydrogen) atoms. The van der Waals surface area contributed by atoms with Crippen LogP contribution in [0.15, 0.2) is 69.0 Å². The number of aromatic nitrogens is 3. The van der Waals surface area contributed by atoms with Crippen LogP contribution in [0.4, 0.5) is 15.9 Å². The lowest BCUT2D eigenvalue weighted by atomic mass is 10.1. The Morgan fingerprint density at radius 1 is 1.13 bits per heavy atom. The van der Waals surface area contributed by atoms with Gasteiger partial charge in [0.2, 0.25) is 11.7 Å². The molecule has 0 atom stereocenters. The Morgan fingerprint density at radius 2 is 2.00 bits per heavy atom. The maximum absolute atomic E-state index is 13.4. The van der Waals surface area contributed by atoms with Crippen molar-refractivity contribution in [2.24, 2.45) is 5.16 Å². The van der Waals surface area contributed by atoms with E-state index < -0.39 is 11.7 Å². The number of nitrogens with one attached hydrogen (secondary N) is 2. The van der Waals surface area contributed by atoms with Crippen LogP contribution < -0.4 is 10.6 Å². The third-order valence-corrected chi connectivity index (χ3v) is 4.70. The van der Waals surface area contributed by atoms with Gasteiger partial charge >= 0.3 is 0 Å². The van der Waals surface area contributed by atoms with Gasteiger partial charge in [-0.3, -0.25) is 9.78 Å². The molecule has 3 N–H and O–H groups in total. The molecule has 0 saturated carbocycles. The molecular formula is C19H12BrFN6O3. The zero-order valence-corrected chi connectivity index (χ0v) is 16.6. The minimum absolute atomic E-state index is 0.0475. The van der Waals surface area contributed by atoms with Crippen LogP contribution in [0.3, 0.4) is 0 Å². The van der Waals surface area contributed by atoms with E-state index in [-0.39, 0.29) is 21.8 Å². The number of amidine groups is 1. The van der Waals surface area contributed by atoms with Gasteiger partial charge in [0, 0.05) is 22.8 Å². The van der Waals surface area contributed by atoms with Crippen LogP contribution in [-0.4, -0.2) is 32.2 Å². The zero-order chi connectivity index (χ0) is 21.1. The summed E-state index contributed by atoms with van der Waals surface area (Å²) in [6.45, 7) is 0. The Labute approximate surface area is 176 Å². The van der Waals surface area contributed by atoms with Gasteiger partial charge in [0.05, 0.1) is 9.99 Å². The fraction of sp³-hybridized carbons (Fsp3) is 0. The van der Waals surface area contributed by atoms with Crippen molar-refractivity contribution in [2.75, 3.05) is 10.6 Å². The second-order valence-electron chi connectivity index (χ2n) is 6.03. The predicted molar refractivity (Wildman–Crippen MR) is 110 cm³/mol. The number of fused-ring (bicyclic) bond motifs is 1. The number of benzene rings is 2. The van der Waals surface area contributed by atoms with E-state index in [1.807, 2.05) is 6.07 Å². The molecule has 0 aliphatic heterocycles. The summed E-state index contributed by atoms with van der Waals surface area (Å²) in [7, 11) is 0. The summed E-state index contributed by atoms with van der Waals surface area (Å²) in [6.07, 6.45) is 1.66. The Bertz CT molecular complexity index is 1280. The summed E-state index contributed by atoms with van der Waals surface area (Å²) >= 11 is 3.07. The van der Waals surface area contributed by atoms with Gasteiger partial charge < -0.3 is 15.8 Å². The SMILES string of the molecule is O=C(Nc1nonc1/C(=N\O)Nc1ccc(F)c(Br)c1)c1ccc2ncccc2c1. The molecule has 4 aromatic rings. The van der Waals surface area contributed by atoms with Gasteiger partial charge in [0.1, 0.15) is 5.82 Å². The molecule has 4 rings (SSSR count). The lowest BCUT2D eigenvalue weighted by Crippen LogP contribution is -2.19. The van der Waals surface area contributed by atoms with Gasteiger partial charge in [-0.05, 0) is 68.7 Å². The highest BCUT2D eigenvalue weighted by atomic mass is 79.9. The molecule has 0 radical (unpaired) electrons. The fourth-order valence-corrected chi connectivity index (χ4v) is 3.04. The predicted octanol–water partition coefficient (Wildman–Crippen LogP) is 4.02. The van der Waals surface area contributed by atoms with Crippen molar-refractivity contribution >= 4 is 50.1 Å². The Balaban J connectivity index is 1.56. The molecule has 0 fully saturated rings. The van der Waals surface area contributed by atoms with Crippen LogP contribution in [0.5, 0.6) is 0 Å². The van der Waals surface area contributed by atoms with E-state index in [1.165, 1.54) is 18.2 Å². The van der Waals surface area contributed by atoms with Gasteiger partial charge in [-0.15, -0.1) is 0 Å². The van der Waals surface area contributed by atoms with Crippen LogP contribution >= 0.6 is 15.9 Å². The molecule has 2 aromatic carbocycles. The lowest BCUT2D eigenvalue weighted by molar-refractivity contribution is 0.102. The quantitative estimate of drug-likeness (QED) is 0.178. The summed E-state index contributed by atoms with van der Waals surface area (Å²) in [5.74, 6) is -1.15. The average molecular weight is 471 g/mol. The number of halogens is 2. The number of amides is 1. The van der Waals surface area contributed by atoms with Crippen molar-refractivity contribution in [1.29, 1.82) is 0 Å². The Kier molecular flexibility index (Phi) is 5.35. The highest BCUT2D eigenvalue weighted by Crippen LogP contribution is 2.22. The molecule has 1 amide bonds. The molecule has 0 unspecified atom stereocenters. The maximum atomic E-state index is 13.4. The van der Waals surface area contributed by atoms with E-state index in [1.54, 1.807) is 30.5 Å². The van der Waals surface area contributed by atoms with E-state index in [9.17, 15) is 14.4 Å². The van der Waals surface area contributed by atoms with Crippen LogP contribution in [0.25, 0.3) is 10.9 Å². The van der Waals surface area contributed by atoms with Gasteiger partial charge in [-0.25, -0.2) is 9.02 Å². The first-order valence-corrected chi connectivity index (χ1v) is 9.27. The van der Waals surface area contributed by atoms with Crippen molar-refractivity contribution in [2.45, 2.75) is 0 Å². The Hall–Kier alpha value is -3.86. The summed E-state index contributed by atoms with van der Waals surface area (Å²) in [5.41, 5.74) is 1.47. The van der Waals surface area contributed by atoms with Crippen molar-refractivity contribution in [3.05, 3.63) is 76.3 Å². The second kappa shape index (κ2) is 8.25. The monoisotopic (exact) mass is 470 g/mol. The lowest BCUT2D eigenvalue weighted by Gasteiger charge is -2.08. The topological polar surface area (TPSA) is 126 Å². The molecule has 0 aliphatic carbocycles. The molecule has 0 bridgehead atoms. The van der Waals surface area contributed by atoms with E-state index in [2.05, 4.69) is 47.0 Å². The van der Waals surface area contributed by atoms with Crippen LogP contribution in [0, 0.1) is 5.82 Å². The van der Waals surface area contributed by atoms with Crippen molar-refractivity contribution in [1.82, 2.24) is 15.3 Å². The normalized spacial score (nSPS) is 11.5. The number of hydrogen-bond donors (Lipinski definition) is 3. The second-order valence-corrected chi connectivity index (χ2v) is 6.88. The molecule has 11 heteroatoms. The smallest absolute Gasteiger partial charge is 0.256 e. The maximum Gasteiger partial charge on any atom is 0.256 e. The number of pyridine rings is 1. The number of anilines is 2. The third-order valence-electron chi connectivity index (χ3n) is 4.09. The van der Waals surface area contributed by atoms with E-state index in [0.29, 0.717) is 11.3 Å². The number of carbonyl (C=O) groups is 1.